The van der Waals surface area contributed by atoms with Crippen molar-refractivity contribution in [3.8, 4) is 0 Å². The van der Waals surface area contributed by atoms with Crippen molar-refractivity contribution < 1.29 is 85.7 Å². The average molecular weight is 651 g/mol. The summed E-state index contributed by atoms with van der Waals surface area (Å²) in [6, 6.07) is 0. The van der Waals surface area contributed by atoms with E-state index in [1.54, 1.807) is 0 Å². The zero-order valence-corrected chi connectivity index (χ0v) is 26.0. The normalized spacial score (nSPS) is 31.0. The number of rotatable bonds is 12. The molecule has 0 aromatic carbocycles. The number of carbonyl (C=O) groups is 7. The molecule has 0 N–H and O–H groups in total. The van der Waals surface area contributed by atoms with Gasteiger partial charge in [0.05, 0.1) is 0 Å². The van der Waals surface area contributed by atoms with Crippen molar-refractivity contribution in [2.24, 2.45) is 0 Å². The summed E-state index contributed by atoms with van der Waals surface area (Å²) in [6.45, 7) is 6.44. The van der Waals surface area contributed by atoms with Crippen LogP contribution in [0.3, 0.4) is 0 Å². The zero-order valence-electron chi connectivity index (χ0n) is 26.0. The molecule has 2 fully saturated rings. The van der Waals surface area contributed by atoms with Gasteiger partial charge >= 0.3 is 41.8 Å². The first-order valence-corrected chi connectivity index (χ1v) is 13.7. The second-order valence-corrected chi connectivity index (χ2v) is 9.90. The molecule has 10 atom stereocenters. The molecule has 0 aliphatic carbocycles. The third kappa shape index (κ3) is 11.2. The van der Waals surface area contributed by atoms with Crippen molar-refractivity contribution in [2.45, 2.75) is 110 Å². The van der Waals surface area contributed by atoms with E-state index in [2.05, 4.69) is 0 Å². The SMILES string of the molecule is CO[C@@H]1O[C@H](COC(C)=O)[C@@H](O[C@H]2O[C@H](COC(C)=O)[C@@H](OC(C)=O)[C@H](OC(C)=O)[C@H]2OC(C)=O)[C@H](OC(C)=O)[C@H]1OC(C)=O. The summed E-state index contributed by atoms with van der Waals surface area (Å²) in [5.41, 5.74) is 0. The van der Waals surface area contributed by atoms with Crippen LogP contribution in [0.4, 0.5) is 0 Å². The standard InChI is InChI=1S/C27H38O18/c1-11(28)36-9-18-20(38-13(3)30)22(39-14(4)31)25(42-17(7)34)27(44-18)45-21-19(10-37-12(2)29)43-26(35-8)24(41-16(6)33)23(21)40-15(5)32/h18-27H,9-10H2,1-8H3/t18-,19-,20-,21-,22+,23+,24-,25-,26-,27-/m1/s1. The molecule has 0 amide bonds. The molecule has 18 nitrogen and oxygen atoms in total. The molecule has 0 aromatic rings. The van der Waals surface area contributed by atoms with Crippen molar-refractivity contribution in [3.63, 3.8) is 0 Å². The topological polar surface area (TPSA) is 221 Å². The summed E-state index contributed by atoms with van der Waals surface area (Å²) in [5, 5.41) is 0. The lowest BCUT2D eigenvalue weighted by atomic mass is 9.96. The highest BCUT2D eigenvalue weighted by molar-refractivity contribution is 5.69. The number of hydrogen-bond donors (Lipinski definition) is 0. The van der Waals surface area contributed by atoms with Crippen molar-refractivity contribution in [2.75, 3.05) is 20.3 Å². The van der Waals surface area contributed by atoms with Crippen LogP contribution >= 0.6 is 0 Å². The third-order valence-corrected chi connectivity index (χ3v) is 6.12. The lowest BCUT2D eigenvalue weighted by Gasteiger charge is -2.48. The summed E-state index contributed by atoms with van der Waals surface area (Å²) >= 11 is 0. The fourth-order valence-corrected chi connectivity index (χ4v) is 4.66. The van der Waals surface area contributed by atoms with Gasteiger partial charge in [-0.1, -0.05) is 0 Å². The molecule has 2 heterocycles. The van der Waals surface area contributed by atoms with Crippen LogP contribution in [-0.4, -0.2) is 124 Å². The molecule has 18 heteroatoms. The van der Waals surface area contributed by atoms with Gasteiger partial charge in [-0.15, -0.1) is 0 Å². The Morgan fingerprint density at radius 1 is 0.444 bits per heavy atom. The van der Waals surface area contributed by atoms with E-state index in [-0.39, 0.29) is 0 Å². The van der Waals surface area contributed by atoms with Gasteiger partial charge in [0.25, 0.3) is 0 Å². The highest BCUT2D eigenvalue weighted by atomic mass is 16.8. The number of ether oxygens (including phenoxy) is 11. The maximum atomic E-state index is 12.2. The van der Waals surface area contributed by atoms with Crippen molar-refractivity contribution >= 4 is 41.8 Å². The summed E-state index contributed by atoms with van der Waals surface area (Å²) < 4.78 is 60.6. The van der Waals surface area contributed by atoms with Gasteiger partial charge in [-0.2, -0.15) is 0 Å². The predicted molar refractivity (Wildman–Crippen MR) is 140 cm³/mol. The minimum Gasteiger partial charge on any atom is -0.463 e. The van der Waals surface area contributed by atoms with Crippen molar-refractivity contribution in [1.29, 1.82) is 0 Å². The Morgan fingerprint density at radius 3 is 1.18 bits per heavy atom. The Bertz CT molecular complexity index is 1110. The van der Waals surface area contributed by atoms with Crippen molar-refractivity contribution in [1.82, 2.24) is 0 Å². The summed E-state index contributed by atoms with van der Waals surface area (Å²) in [5.74, 6) is -5.76. The summed E-state index contributed by atoms with van der Waals surface area (Å²) in [4.78, 5) is 84.0. The lowest BCUT2D eigenvalue weighted by molar-refractivity contribution is -0.359. The molecule has 0 bridgehead atoms. The number of methoxy groups -OCH3 is 1. The molecular formula is C27H38O18. The van der Waals surface area contributed by atoms with Crippen LogP contribution in [-0.2, 0) is 85.7 Å². The largest absolute Gasteiger partial charge is 0.463 e. The van der Waals surface area contributed by atoms with Crippen LogP contribution in [0.5, 0.6) is 0 Å². The van der Waals surface area contributed by atoms with E-state index in [0.29, 0.717) is 0 Å². The summed E-state index contributed by atoms with van der Waals surface area (Å²) in [6.07, 6.45) is -15.0. The molecule has 0 spiro atoms. The minimum absolute atomic E-state index is 0.504. The minimum atomic E-state index is -1.76. The Morgan fingerprint density at radius 2 is 0.778 bits per heavy atom. The van der Waals surface area contributed by atoms with E-state index >= 15 is 0 Å². The Hall–Kier alpha value is -3.87. The smallest absolute Gasteiger partial charge is 0.303 e. The van der Waals surface area contributed by atoms with E-state index in [9.17, 15) is 33.6 Å². The van der Waals surface area contributed by atoms with Gasteiger partial charge < -0.3 is 52.1 Å². The highest BCUT2D eigenvalue weighted by Crippen LogP contribution is 2.35. The van der Waals surface area contributed by atoms with E-state index in [4.69, 9.17) is 52.1 Å². The quantitative estimate of drug-likeness (QED) is 0.187. The van der Waals surface area contributed by atoms with E-state index in [0.717, 1.165) is 48.5 Å². The van der Waals surface area contributed by atoms with Gasteiger partial charge in [-0.25, -0.2) is 0 Å². The molecular weight excluding hydrogens is 612 g/mol. The first-order valence-electron chi connectivity index (χ1n) is 13.7. The number of hydrogen-bond acceptors (Lipinski definition) is 18. The molecule has 45 heavy (non-hydrogen) atoms. The second kappa shape index (κ2) is 17.0. The van der Waals surface area contributed by atoms with Crippen molar-refractivity contribution in [3.05, 3.63) is 0 Å². The molecule has 0 aromatic heterocycles. The summed E-state index contributed by atoms with van der Waals surface area (Å²) in [7, 11) is 1.22. The average Bonchev–Trinajstić information content (AvgIpc) is 2.90. The van der Waals surface area contributed by atoms with Crippen LogP contribution < -0.4 is 0 Å². The number of carbonyl (C=O) groups excluding carboxylic acids is 7. The predicted octanol–water partition coefficient (Wildman–Crippen LogP) is -0.747. The van der Waals surface area contributed by atoms with Gasteiger partial charge in [0.2, 0.25) is 0 Å². The van der Waals surface area contributed by atoms with Crippen LogP contribution in [0.1, 0.15) is 48.5 Å². The maximum absolute atomic E-state index is 12.2. The number of esters is 7. The fourth-order valence-electron chi connectivity index (χ4n) is 4.66. The van der Waals surface area contributed by atoms with E-state index in [1.807, 2.05) is 0 Å². The maximum Gasteiger partial charge on any atom is 0.303 e. The van der Waals surface area contributed by atoms with Gasteiger partial charge in [0.15, 0.2) is 43.1 Å². The van der Waals surface area contributed by atoms with Gasteiger partial charge in [0, 0.05) is 55.6 Å². The van der Waals surface area contributed by atoms with E-state index < -0.39 is 116 Å². The molecule has 2 saturated heterocycles. The first kappa shape index (κ1) is 37.3. The van der Waals surface area contributed by atoms with E-state index in [1.165, 1.54) is 7.11 Å². The Kier molecular flexibility index (Phi) is 14.1. The molecule has 0 radical (unpaired) electrons. The van der Waals surface area contributed by atoms with Gasteiger partial charge in [-0.05, 0) is 0 Å². The monoisotopic (exact) mass is 650 g/mol. The molecule has 2 rings (SSSR count). The molecule has 2 aliphatic heterocycles. The fraction of sp³-hybridized carbons (Fsp3) is 0.741. The second-order valence-electron chi connectivity index (χ2n) is 9.90. The molecule has 2 aliphatic rings. The zero-order chi connectivity index (χ0) is 34.0. The highest BCUT2D eigenvalue weighted by Gasteiger charge is 2.57. The molecule has 0 saturated carbocycles. The lowest BCUT2D eigenvalue weighted by Crippen LogP contribution is -2.67. The first-order chi connectivity index (χ1) is 21.0. The van der Waals surface area contributed by atoms with Crippen LogP contribution in [0.15, 0.2) is 0 Å². The molecule has 254 valence electrons. The van der Waals surface area contributed by atoms with Gasteiger partial charge in [0.1, 0.15) is 31.5 Å². The Labute approximate surface area is 258 Å². The van der Waals surface area contributed by atoms with Gasteiger partial charge in [-0.3, -0.25) is 33.6 Å². The molecule has 0 unspecified atom stereocenters. The Balaban J connectivity index is 2.69. The van der Waals surface area contributed by atoms with Crippen LogP contribution in [0.2, 0.25) is 0 Å². The third-order valence-electron chi connectivity index (χ3n) is 6.12. The van der Waals surface area contributed by atoms with Crippen LogP contribution in [0.25, 0.3) is 0 Å². The van der Waals surface area contributed by atoms with Crippen LogP contribution in [0, 0.1) is 0 Å².